The van der Waals surface area contributed by atoms with Gasteiger partial charge in [-0.3, -0.25) is 4.79 Å². The van der Waals surface area contributed by atoms with Gasteiger partial charge in [-0.1, -0.05) is 12.1 Å². The zero-order valence-corrected chi connectivity index (χ0v) is 17.2. The van der Waals surface area contributed by atoms with Crippen molar-refractivity contribution in [3.05, 3.63) is 76.9 Å². The summed E-state index contributed by atoms with van der Waals surface area (Å²) in [7, 11) is 1.65. The average Bonchev–Trinajstić information content (AvgIpc) is 3.01. The third-order valence-electron chi connectivity index (χ3n) is 4.99. The summed E-state index contributed by atoms with van der Waals surface area (Å²) < 4.78 is 20.0. The Bertz CT molecular complexity index is 979. The maximum atomic E-state index is 13.2. The van der Waals surface area contributed by atoms with Gasteiger partial charge >= 0.3 is 0 Å². The SMILES string of the molecule is COc1ccc(CC[C@@H](C)NC(=O)c2c(C)nn(-c3ccc(F)cc3)c2C)cc1. The predicted octanol–water partition coefficient (Wildman–Crippen LogP) is 4.39. The first-order valence-corrected chi connectivity index (χ1v) is 9.65. The smallest absolute Gasteiger partial charge is 0.255 e. The van der Waals surface area contributed by atoms with E-state index in [1.54, 1.807) is 23.9 Å². The fourth-order valence-electron chi connectivity index (χ4n) is 3.35. The van der Waals surface area contributed by atoms with Crippen LogP contribution in [0.25, 0.3) is 5.69 Å². The van der Waals surface area contributed by atoms with Gasteiger partial charge in [0.15, 0.2) is 0 Å². The number of nitrogens with zero attached hydrogens (tertiary/aromatic N) is 2. The highest BCUT2D eigenvalue weighted by atomic mass is 19.1. The Kier molecular flexibility index (Phi) is 6.32. The van der Waals surface area contributed by atoms with Crippen molar-refractivity contribution in [1.82, 2.24) is 15.1 Å². The van der Waals surface area contributed by atoms with E-state index in [1.807, 2.05) is 45.0 Å². The first kappa shape index (κ1) is 20.6. The van der Waals surface area contributed by atoms with Gasteiger partial charge in [-0.15, -0.1) is 0 Å². The fraction of sp³-hybridized carbons (Fsp3) is 0.304. The molecule has 1 N–H and O–H groups in total. The van der Waals surface area contributed by atoms with Crippen LogP contribution < -0.4 is 10.1 Å². The van der Waals surface area contributed by atoms with E-state index in [2.05, 4.69) is 10.4 Å². The minimum Gasteiger partial charge on any atom is -0.497 e. The normalized spacial score (nSPS) is 11.9. The molecule has 5 nitrogen and oxygen atoms in total. The van der Waals surface area contributed by atoms with E-state index in [-0.39, 0.29) is 17.8 Å². The van der Waals surface area contributed by atoms with E-state index < -0.39 is 0 Å². The summed E-state index contributed by atoms with van der Waals surface area (Å²) in [4.78, 5) is 12.8. The van der Waals surface area contributed by atoms with Crippen LogP contribution in [-0.2, 0) is 6.42 Å². The van der Waals surface area contributed by atoms with Gasteiger partial charge < -0.3 is 10.1 Å². The third-order valence-corrected chi connectivity index (χ3v) is 4.99. The van der Waals surface area contributed by atoms with E-state index in [0.717, 1.165) is 30.0 Å². The Balaban J connectivity index is 1.66. The first-order chi connectivity index (χ1) is 13.9. The lowest BCUT2D eigenvalue weighted by molar-refractivity contribution is 0.0937. The number of halogens is 1. The van der Waals surface area contributed by atoms with Gasteiger partial charge in [0.2, 0.25) is 0 Å². The van der Waals surface area contributed by atoms with Crippen molar-refractivity contribution in [3.63, 3.8) is 0 Å². The van der Waals surface area contributed by atoms with Gasteiger partial charge in [-0.05, 0) is 75.6 Å². The van der Waals surface area contributed by atoms with Crippen molar-refractivity contribution >= 4 is 5.91 Å². The lowest BCUT2D eigenvalue weighted by atomic mass is 10.1. The summed E-state index contributed by atoms with van der Waals surface area (Å²) >= 11 is 0. The van der Waals surface area contributed by atoms with Crippen LogP contribution in [0.2, 0.25) is 0 Å². The molecule has 0 aliphatic heterocycles. The van der Waals surface area contributed by atoms with Crippen molar-refractivity contribution in [3.8, 4) is 11.4 Å². The molecule has 29 heavy (non-hydrogen) atoms. The molecule has 0 aliphatic rings. The molecule has 6 heteroatoms. The van der Waals surface area contributed by atoms with Gasteiger partial charge in [0.1, 0.15) is 11.6 Å². The number of aryl methyl sites for hydroxylation is 2. The Hall–Kier alpha value is -3.15. The zero-order valence-electron chi connectivity index (χ0n) is 17.2. The van der Waals surface area contributed by atoms with E-state index in [0.29, 0.717) is 11.3 Å². The molecule has 152 valence electrons. The summed E-state index contributed by atoms with van der Waals surface area (Å²) in [6.45, 7) is 5.65. The number of hydrogen-bond acceptors (Lipinski definition) is 3. The Labute approximate surface area is 170 Å². The highest BCUT2D eigenvalue weighted by Crippen LogP contribution is 2.19. The summed E-state index contributed by atoms with van der Waals surface area (Å²) in [6, 6.07) is 14.0. The van der Waals surface area contributed by atoms with Gasteiger partial charge in [0, 0.05) is 6.04 Å². The number of hydrogen-bond donors (Lipinski definition) is 1. The summed E-state index contributed by atoms with van der Waals surface area (Å²) in [5, 5.41) is 7.54. The van der Waals surface area contributed by atoms with Crippen LogP contribution in [0.1, 0.15) is 40.7 Å². The van der Waals surface area contributed by atoms with E-state index in [9.17, 15) is 9.18 Å². The summed E-state index contributed by atoms with van der Waals surface area (Å²) in [5.74, 6) is 0.383. The molecule has 0 unspecified atom stereocenters. The number of carbonyl (C=O) groups is 1. The standard InChI is InChI=1S/C23H26FN3O2/c1-15(5-6-18-7-13-21(29-4)14-8-18)25-23(28)22-16(2)26-27(17(22)3)20-11-9-19(24)10-12-20/h7-15H,5-6H2,1-4H3,(H,25,28)/t15-/m1/s1. The van der Waals surface area contributed by atoms with Crippen LogP contribution in [0.4, 0.5) is 4.39 Å². The molecule has 0 aliphatic carbocycles. The maximum absolute atomic E-state index is 13.2. The topological polar surface area (TPSA) is 56.1 Å². The highest BCUT2D eigenvalue weighted by Gasteiger charge is 2.20. The lowest BCUT2D eigenvalue weighted by Crippen LogP contribution is -2.33. The van der Waals surface area contributed by atoms with Crippen molar-refractivity contribution in [2.75, 3.05) is 7.11 Å². The highest BCUT2D eigenvalue weighted by molar-refractivity contribution is 5.96. The van der Waals surface area contributed by atoms with Crippen molar-refractivity contribution in [2.45, 2.75) is 39.7 Å². The molecule has 0 spiro atoms. The fourth-order valence-corrected chi connectivity index (χ4v) is 3.35. The van der Waals surface area contributed by atoms with Crippen LogP contribution in [0.15, 0.2) is 48.5 Å². The maximum Gasteiger partial charge on any atom is 0.255 e. The largest absolute Gasteiger partial charge is 0.497 e. The van der Waals surface area contributed by atoms with Crippen molar-refractivity contribution < 1.29 is 13.9 Å². The molecule has 3 rings (SSSR count). The molecular weight excluding hydrogens is 369 g/mol. The van der Waals surface area contributed by atoms with Gasteiger partial charge in [0.25, 0.3) is 5.91 Å². The third kappa shape index (κ3) is 4.83. The van der Waals surface area contributed by atoms with Gasteiger partial charge in [0.05, 0.1) is 29.7 Å². The molecule has 0 saturated heterocycles. The number of methoxy groups -OCH3 is 1. The number of aromatic nitrogens is 2. The van der Waals surface area contributed by atoms with Crippen LogP contribution in [0.3, 0.4) is 0 Å². The first-order valence-electron chi connectivity index (χ1n) is 9.65. The number of ether oxygens (including phenoxy) is 1. The molecule has 1 amide bonds. The number of carbonyl (C=O) groups excluding carboxylic acids is 1. The molecule has 0 fully saturated rings. The number of rotatable bonds is 7. The molecule has 0 radical (unpaired) electrons. The molecule has 3 aromatic rings. The van der Waals surface area contributed by atoms with E-state index in [4.69, 9.17) is 4.74 Å². The molecule has 1 heterocycles. The number of nitrogens with one attached hydrogen (secondary N) is 1. The summed E-state index contributed by atoms with van der Waals surface area (Å²) in [5.41, 5.74) is 3.85. The second kappa shape index (κ2) is 8.90. The predicted molar refractivity (Wildman–Crippen MR) is 111 cm³/mol. The molecule has 2 aromatic carbocycles. The Morgan fingerprint density at radius 1 is 1.14 bits per heavy atom. The van der Waals surface area contributed by atoms with Gasteiger partial charge in [-0.25, -0.2) is 9.07 Å². The second-order valence-corrected chi connectivity index (χ2v) is 7.20. The zero-order chi connectivity index (χ0) is 21.0. The minimum absolute atomic E-state index is 0.0116. The van der Waals surface area contributed by atoms with Crippen molar-refractivity contribution in [2.24, 2.45) is 0 Å². The average molecular weight is 395 g/mol. The monoisotopic (exact) mass is 395 g/mol. The van der Waals surface area contributed by atoms with Crippen LogP contribution in [0, 0.1) is 19.7 Å². The van der Waals surface area contributed by atoms with Crippen LogP contribution in [-0.4, -0.2) is 28.8 Å². The van der Waals surface area contributed by atoms with Gasteiger partial charge in [-0.2, -0.15) is 5.10 Å². The molecule has 0 saturated carbocycles. The van der Waals surface area contributed by atoms with E-state index in [1.165, 1.54) is 17.7 Å². The molecular formula is C23H26FN3O2. The quantitative estimate of drug-likeness (QED) is 0.646. The molecule has 1 atom stereocenters. The van der Waals surface area contributed by atoms with Crippen molar-refractivity contribution in [1.29, 1.82) is 0 Å². The Morgan fingerprint density at radius 3 is 2.41 bits per heavy atom. The lowest BCUT2D eigenvalue weighted by Gasteiger charge is -2.14. The second-order valence-electron chi connectivity index (χ2n) is 7.20. The molecule has 1 aromatic heterocycles. The number of benzene rings is 2. The van der Waals surface area contributed by atoms with Crippen LogP contribution in [0.5, 0.6) is 5.75 Å². The van der Waals surface area contributed by atoms with Crippen LogP contribution >= 0.6 is 0 Å². The minimum atomic E-state index is -0.307. The van der Waals surface area contributed by atoms with E-state index >= 15 is 0 Å². The number of amides is 1. The summed E-state index contributed by atoms with van der Waals surface area (Å²) in [6.07, 6.45) is 1.68. The molecule has 0 bridgehead atoms. The Morgan fingerprint density at radius 2 is 1.79 bits per heavy atom.